The fourth-order valence-corrected chi connectivity index (χ4v) is 3.04. The van der Waals surface area contributed by atoms with Crippen molar-refractivity contribution in [2.75, 3.05) is 38.7 Å². The second-order valence-corrected chi connectivity index (χ2v) is 5.93. The van der Waals surface area contributed by atoms with Gasteiger partial charge in [0.05, 0.1) is 0 Å². The van der Waals surface area contributed by atoms with Gasteiger partial charge in [-0.15, -0.1) is 0 Å². The lowest BCUT2D eigenvalue weighted by Crippen LogP contribution is -2.37. The summed E-state index contributed by atoms with van der Waals surface area (Å²) in [5.41, 5.74) is 1.13. The van der Waals surface area contributed by atoms with Crippen molar-refractivity contribution in [1.82, 2.24) is 4.90 Å². The molecule has 1 aromatic carbocycles. The highest BCUT2D eigenvalue weighted by molar-refractivity contribution is 5.55. The number of benzene rings is 1. The number of hydrogen-bond donors (Lipinski definition) is 1. The Hall–Kier alpha value is -1.42. The first-order valence-electron chi connectivity index (χ1n) is 7.57. The third-order valence-corrected chi connectivity index (χ3v) is 4.41. The molecule has 4 heteroatoms. The molecule has 1 saturated heterocycles. The standard InChI is InChI=1S/C16H24N2O2/c1-12(13-5-7-18(2)8-6-13)17-14-3-4-15-16(11-14)20-10-9-19-15/h3-4,11-13,17H,5-10H2,1-2H3. The van der Waals surface area contributed by atoms with Gasteiger partial charge in [-0.3, -0.25) is 0 Å². The van der Waals surface area contributed by atoms with Crippen LogP contribution in [0.25, 0.3) is 0 Å². The van der Waals surface area contributed by atoms with E-state index >= 15 is 0 Å². The van der Waals surface area contributed by atoms with Crippen molar-refractivity contribution in [2.45, 2.75) is 25.8 Å². The molecule has 1 unspecified atom stereocenters. The Balaban J connectivity index is 1.62. The summed E-state index contributed by atoms with van der Waals surface area (Å²) < 4.78 is 11.2. The topological polar surface area (TPSA) is 33.7 Å². The summed E-state index contributed by atoms with van der Waals surface area (Å²) >= 11 is 0. The maximum absolute atomic E-state index is 5.63. The zero-order chi connectivity index (χ0) is 13.9. The van der Waals surface area contributed by atoms with Crippen molar-refractivity contribution in [2.24, 2.45) is 5.92 Å². The third-order valence-electron chi connectivity index (χ3n) is 4.41. The van der Waals surface area contributed by atoms with E-state index in [9.17, 15) is 0 Å². The largest absolute Gasteiger partial charge is 0.486 e. The monoisotopic (exact) mass is 276 g/mol. The Kier molecular flexibility index (Phi) is 4.01. The van der Waals surface area contributed by atoms with Crippen LogP contribution in [0.1, 0.15) is 19.8 Å². The van der Waals surface area contributed by atoms with E-state index in [4.69, 9.17) is 9.47 Å². The van der Waals surface area contributed by atoms with E-state index in [1.165, 1.54) is 25.9 Å². The minimum absolute atomic E-state index is 0.492. The van der Waals surface area contributed by atoms with Gasteiger partial charge in [-0.05, 0) is 58.0 Å². The number of hydrogen-bond acceptors (Lipinski definition) is 4. The Morgan fingerprint density at radius 2 is 1.85 bits per heavy atom. The summed E-state index contributed by atoms with van der Waals surface area (Å²) in [5.74, 6) is 2.46. The van der Waals surface area contributed by atoms with Crippen LogP contribution in [0, 0.1) is 5.92 Å². The molecular weight excluding hydrogens is 252 g/mol. The number of fused-ring (bicyclic) bond motifs is 1. The molecule has 1 aromatic rings. The molecule has 0 aromatic heterocycles. The van der Waals surface area contributed by atoms with E-state index in [1.54, 1.807) is 0 Å². The van der Waals surface area contributed by atoms with Crippen LogP contribution >= 0.6 is 0 Å². The Morgan fingerprint density at radius 3 is 2.60 bits per heavy atom. The second kappa shape index (κ2) is 5.92. The van der Waals surface area contributed by atoms with E-state index in [2.05, 4.69) is 36.3 Å². The van der Waals surface area contributed by atoms with Crippen LogP contribution in [0.2, 0.25) is 0 Å². The number of rotatable bonds is 3. The smallest absolute Gasteiger partial charge is 0.163 e. The Labute approximate surface area is 121 Å². The maximum Gasteiger partial charge on any atom is 0.163 e. The molecule has 1 fully saturated rings. The fourth-order valence-electron chi connectivity index (χ4n) is 3.04. The minimum Gasteiger partial charge on any atom is -0.486 e. The third kappa shape index (κ3) is 3.01. The lowest BCUT2D eigenvalue weighted by Gasteiger charge is -2.33. The molecule has 2 aliphatic heterocycles. The summed E-state index contributed by atoms with van der Waals surface area (Å²) in [4.78, 5) is 2.41. The average Bonchev–Trinajstić information content (AvgIpc) is 2.48. The molecule has 2 heterocycles. The van der Waals surface area contributed by atoms with Gasteiger partial charge >= 0.3 is 0 Å². The number of likely N-dealkylation sites (tertiary alicyclic amines) is 1. The summed E-state index contributed by atoms with van der Waals surface area (Å²) in [6.45, 7) is 5.98. The molecule has 0 saturated carbocycles. The summed E-state index contributed by atoms with van der Waals surface area (Å²) in [6.07, 6.45) is 2.55. The van der Waals surface area contributed by atoms with Gasteiger partial charge in [-0.2, -0.15) is 0 Å². The van der Waals surface area contributed by atoms with E-state index in [1.807, 2.05) is 6.07 Å². The van der Waals surface area contributed by atoms with Crippen molar-refractivity contribution in [1.29, 1.82) is 0 Å². The zero-order valence-corrected chi connectivity index (χ0v) is 12.4. The number of nitrogens with zero attached hydrogens (tertiary/aromatic N) is 1. The van der Waals surface area contributed by atoms with Crippen LogP contribution < -0.4 is 14.8 Å². The van der Waals surface area contributed by atoms with E-state index < -0.39 is 0 Å². The van der Waals surface area contributed by atoms with E-state index in [-0.39, 0.29) is 0 Å². The van der Waals surface area contributed by atoms with Crippen molar-refractivity contribution >= 4 is 5.69 Å². The molecule has 0 aliphatic carbocycles. The van der Waals surface area contributed by atoms with Gasteiger partial charge in [-0.1, -0.05) is 0 Å². The van der Waals surface area contributed by atoms with Gasteiger partial charge in [-0.25, -0.2) is 0 Å². The van der Waals surface area contributed by atoms with Crippen LogP contribution in [0.4, 0.5) is 5.69 Å². The Morgan fingerprint density at radius 1 is 1.15 bits per heavy atom. The average molecular weight is 276 g/mol. The molecule has 4 nitrogen and oxygen atoms in total. The van der Waals surface area contributed by atoms with Crippen LogP contribution in [0.5, 0.6) is 11.5 Å². The molecule has 0 radical (unpaired) electrons. The van der Waals surface area contributed by atoms with E-state index in [0.29, 0.717) is 19.3 Å². The predicted molar refractivity (Wildman–Crippen MR) is 80.7 cm³/mol. The highest BCUT2D eigenvalue weighted by atomic mass is 16.6. The van der Waals surface area contributed by atoms with Gasteiger partial charge in [0.15, 0.2) is 11.5 Å². The molecule has 110 valence electrons. The molecule has 0 amide bonds. The van der Waals surface area contributed by atoms with Gasteiger partial charge in [0, 0.05) is 17.8 Å². The van der Waals surface area contributed by atoms with Gasteiger partial charge in [0.25, 0.3) is 0 Å². The summed E-state index contributed by atoms with van der Waals surface area (Å²) in [5, 5.41) is 3.62. The van der Waals surface area contributed by atoms with E-state index in [0.717, 1.165) is 23.1 Å². The first kappa shape index (κ1) is 13.6. The molecular formula is C16H24N2O2. The molecule has 1 atom stereocenters. The quantitative estimate of drug-likeness (QED) is 0.920. The summed E-state index contributed by atoms with van der Waals surface area (Å²) in [7, 11) is 2.20. The maximum atomic E-state index is 5.63. The van der Waals surface area contributed by atoms with Gasteiger partial charge in [0.2, 0.25) is 0 Å². The van der Waals surface area contributed by atoms with Gasteiger partial charge < -0.3 is 19.7 Å². The summed E-state index contributed by atoms with van der Waals surface area (Å²) in [6, 6.07) is 6.63. The van der Waals surface area contributed by atoms with Crippen LogP contribution in [-0.2, 0) is 0 Å². The lowest BCUT2D eigenvalue weighted by molar-refractivity contribution is 0.171. The number of ether oxygens (including phenoxy) is 2. The molecule has 0 bridgehead atoms. The van der Waals surface area contributed by atoms with Crippen LogP contribution in [-0.4, -0.2) is 44.3 Å². The van der Waals surface area contributed by atoms with Crippen molar-refractivity contribution in [3.8, 4) is 11.5 Å². The van der Waals surface area contributed by atoms with Crippen LogP contribution in [0.3, 0.4) is 0 Å². The first-order chi connectivity index (χ1) is 9.72. The number of anilines is 1. The Bertz CT molecular complexity index is 456. The molecule has 3 rings (SSSR count). The number of piperidine rings is 1. The molecule has 20 heavy (non-hydrogen) atoms. The zero-order valence-electron chi connectivity index (χ0n) is 12.4. The highest BCUT2D eigenvalue weighted by Crippen LogP contribution is 2.33. The predicted octanol–water partition coefficient (Wildman–Crippen LogP) is 2.60. The fraction of sp³-hybridized carbons (Fsp3) is 0.625. The normalized spacial score (nSPS) is 21.5. The van der Waals surface area contributed by atoms with Crippen molar-refractivity contribution in [3.05, 3.63) is 18.2 Å². The van der Waals surface area contributed by atoms with Gasteiger partial charge in [0.1, 0.15) is 13.2 Å². The first-order valence-corrected chi connectivity index (χ1v) is 7.57. The lowest BCUT2D eigenvalue weighted by atomic mass is 9.90. The van der Waals surface area contributed by atoms with Crippen LogP contribution in [0.15, 0.2) is 18.2 Å². The number of nitrogens with one attached hydrogen (secondary N) is 1. The molecule has 1 N–H and O–H groups in total. The SMILES string of the molecule is CC(Nc1ccc2c(c1)OCCO2)C1CCN(C)CC1. The second-order valence-electron chi connectivity index (χ2n) is 5.93. The highest BCUT2D eigenvalue weighted by Gasteiger charge is 2.22. The minimum atomic E-state index is 0.492. The molecule has 0 spiro atoms. The van der Waals surface area contributed by atoms with Crippen molar-refractivity contribution < 1.29 is 9.47 Å². The van der Waals surface area contributed by atoms with Crippen molar-refractivity contribution in [3.63, 3.8) is 0 Å². The molecule has 2 aliphatic rings.